The van der Waals surface area contributed by atoms with Gasteiger partial charge in [0.25, 0.3) is 0 Å². The topological polar surface area (TPSA) is 49.2 Å². The summed E-state index contributed by atoms with van der Waals surface area (Å²) in [5.41, 5.74) is 4.37. The van der Waals surface area contributed by atoms with Crippen LogP contribution >= 0.6 is 0 Å². The quantitative estimate of drug-likeness (QED) is 0.868. The highest BCUT2D eigenvalue weighted by Crippen LogP contribution is 2.32. The van der Waals surface area contributed by atoms with Crippen LogP contribution in [0, 0.1) is 11.3 Å². The maximum Gasteiger partial charge on any atom is 0.145 e. The minimum Gasteiger partial charge on any atom is -0.494 e. The van der Waals surface area contributed by atoms with Crippen LogP contribution in [0.3, 0.4) is 0 Å². The van der Waals surface area contributed by atoms with Gasteiger partial charge in [0.1, 0.15) is 11.3 Å². The molecule has 1 aromatic heterocycles. The van der Waals surface area contributed by atoms with Crippen molar-refractivity contribution in [3.05, 3.63) is 35.0 Å². The Balaban J connectivity index is 2.26. The van der Waals surface area contributed by atoms with Gasteiger partial charge in [-0.05, 0) is 23.7 Å². The molecule has 0 aliphatic carbocycles. The summed E-state index contributed by atoms with van der Waals surface area (Å²) >= 11 is 0. The second-order valence-corrected chi connectivity index (χ2v) is 5.33. The maximum absolute atomic E-state index is 9.22. The van der Waals surface area contributed by atoms with E-state index in [0.717, 1.165) is 54.0 Å². The van der Waals surface area contributed by atoms with Crippen LogP contribution in [0.15, 0.2) is 18.2 Å². The van der Waals surface area contributed by atoms with Gasteiger partial charge in [0, 0.05) is 30.6 Å². The van der Waals surface area contributed by atoms with Gasteiger partial charge in [0.2, 0.25) is 0 Å². The van der Waals surface area contributed by atoms with Crippen molar-refractivity contribution in [2.75, 3.05) is 20.2 Å². The molecule has 0 bridgehead atoms. The van der Waals surface area contributed by atoms with E-state index in [0.29, 0.717) is 6.42 Å². The Kier molecular flexibility index (Phi) is 3.76. The van der Waals surface area contributed by atoms with Crippen molar-refractivity contribution < 1.29 is 4.74 Å². The van der Waals surface area contributed by atoms with E-state index < -0.39 is 0 Å². The van der Waals surface area contributed by atoms with E-state index in [-0.39, 0.29) is 0 Å². The molecular weight excluding hydrogens is 262 g/mol. The van der Waals surface area contributed by atoms with Gasteiger partial charge < -0.3 is 4.74 Å². The lowest BCUT2D eigenvalue weighted by atomic mass is 9.94. The molecule has 0 spiro atoms. The van der Waals surface area contributed by atoms with Crippen molar-refractivity contribution in [2.45, 2.75) is 26.3 Å². The number of para-hydroxylation sites is 1. The van der Waals surface area contributed by atoms with Gasteiger partial charge in [0.05, 0.1) is 19.6 Å². The first kappa shape index (κ1) is 13.8. The molecule has 21 heavy (non-hydrogen) atoms. The summed E-state index contributed by atoms with van der Waals surface area (Å²) in [4.78, 5) is 7.24. The van der Waals surface area contributed by atoms with E-state index >= 15 is 0 Å². The number of likely N-dealkylation sites (N-methyl/N-ethyl adjacent to an activating group) is 1. The summed E-state index contributed by atoms with van der Waals surface area (Å²) in [7, 11) is 1.67. The Bertz CT molecular complexity index is 718. The molecule has 108 valence electrons. The third-order valence-corrected chi connectivity index (χ3v) is 4.25. The number of benzene rings is 1. The van der Waals surface area contributed by atoms with Crippen LogP contribution in [0.2, 0.25) is 0 Å². The molecule has 0 unspecified atom stereocenters. The Morgan fingerprint density at radius 3 is 3.00 bits per heavy atom. The summed E-state index contributed by atoms with van der Waals surface area (Å²) in [6.45, 7) is 5.13. The van der Waals surface area contributed by atoms with E-state index in [2.05, 4.69) is 17.9 Å². The molecule has 0 amide bonds. The summed E-state index contributed by atoms with van der Waals surface area (Å²) in [5, 5.41) is 10.3. The summed E-state index contributed by atoms with van der Waals surface area (Å²) in [6.07, 6.45) is 1.36. The number of nitrogens with zero attached hydrogens (tertiary/aromatic N) is 3. The van der Waals surface area contributed by atoms with Crippen LogP contribution in [0.1, 0.15) is 23.7 Å². The molecule has 0 atom stereocenters. The van der Waals surface area contributed by atoms with Gasteiger partial charge in [-0.25, -0.2) is 4.98 Å². The van der Waals surface area contributed by atoms with Crippen LogP contribution in [-0.2, 0) is 19.4 Å². The number of hydrogen-bond donors (Lipinski definition) is 0. The summed E-state index contributed by atoms with van der Waals surface area (Å²) in [5.74, 6) is 0.785. The number of fused-ring (bicyclic) bond motifs is 2. The van der Waals surface area contributed by atoms with Crippen molar-refractivity contribution in [1.82, 2.24) is 9.88 Å². The molecule has 1 aliphatic heterocycles. The predicted molar refractivity (Wildman–Crippen MR) is 82.3 cm³/mol. The first-order valence-electron chi connectivity index (χ1n) is 7.35. The largest absolute Gasteiger partial charge is 0.494 e. The highest BCUT2D eigenvalue weighted by molar-refractivity contribution is 5.89. The molecule has 4 heteroatoms. The second kappa shape index (κ2) is 5.71. The van der Waals surface area contributed by atoms with Gasteiger partial charge >= 0.3 is 0 Å². The number of nitriles is 1. The Labute approximate surface area is 125 Å². The lowest BCUT2D eigenvalue weighted by molar-refractivity contribution is 0.265. The van der Waals surface area contributed by atoms with Crippen LogP contribution in [0.4, 0.5) is 0 Å². The Hall–Kier alpha value is -2.12. The zero-order valence-corrected chi connectivity index (χ0v) is 12.5. The SMILES string of the molecule is CCN1CCc2nc3c(OC)cccc3c(CC#N)c2C1. The Morgan fingerprint density at radius 2 is 2.29 bits per heavy atom. The molecule has 2 aromatic rings. The number of ether oxygens (including phenoxy) is 1. The highest BCUT2D eigenvalue weighted by atomic mass is 16.5. The van der Waals surface area contributed by atoms with E-state index in [9.17, 15) is 5.26 Å². The molecule has 0 N–H and O–H groups in total. The average molecular weight is 281 g/mol. The van der Waals surface area contributed by atoms with Gasteiger partial charge in [-0.15, -0.1) is 0 Å². The third-order valence-electron chi connectivity index (χ3n) is 4.25. The van der Waals surface area contributed by atoms with Crippen LogP contribution in [-0.4, -0.2) is 30.1 Å². The maximum atomic E-state index is 9.22. The van der Waals surface area contributed by atoms with E-state index in [1.807, 2.05) is 18.2 Å². The summed E-state index contributed by atoms with van der Waals surface area (Å²) in [6, 6.07) is 8.25. The average Bonchev–Trinajstić information content (AvgIpc) is 2.54. The van der Waals surface area contributed by atoms with E-state index in [1.165, 1.54) is 5.56 Å². The predicted octanol–water partition coefficient (Wildman–Crippen LogP) is 2.69. The Morgan fingerprint density at radius 1 is 1.43 bits per heavy atom. The van der Waals surface area contributed by atoms with Crippen LogP contribution in [0.5, 0.6) is 5.75 Å². The van der Waals surface area contributed by atoms with Crippen LogP contribution in [0.25, 0.3) is 10.9 Å². The first-order chi connectivity index (χ1) is 10.3. The molecule has 1 aliphatic rings. The molecule has 0 radical (unpaired) electrons. The molecule has 0 saturated carbocycles. The zero-order chi connectivity index (χ0) is 14.8. The van der Waals surface area contributed by atoms with Crippen molar-refractivity contribution in [1.29, 1.82) is 5.26 Å². The molecule has 1 aromatic carbocycles. The number of hydrogen-bond acceptors (Lipinski definition) is 4. The molecule has 3 rings (SSSR count). The summed E-state index contributed by atoms with van der Waals surface area (Å²) < 4.78 is 5.44. The lowest BCUT2D eigenvalue weighted by Gasteiger charge is -2.29. The lowest BCUT2D eigenvalue weighted by Crippen LogP contribution is -2.31. The van der Waals surface area contributed by atoms with Gasteiger partial charge in [-0.3, -0.25) is 4.90 Å². The highest BCUT2D eigenvalue weighted by Gasteiger charge is 2.22. The van der Waals surface area contributed by atoms with Gasteiger partial charge in [-0.2, -0.15) is 5.26 Å². The number of aromatic nitrogens is 1. The van der Waals surface area contributed by atoms with Crippen molar-refractivity contribution in [2.24, 2.45) is 0 Å². The van der Waals surface area contributed by atoms with Gasteiger partial charge in [-0.1, -0.05) is 19.1 Å². The van der Waals surface area contributed by atoms with E-state index in [4.69, 9.17) is 9.72 Å². The van der Waals surface area contributed by atoms with Crippen LogP contribution < -0.4 is 4.74 Å². The number of rotatable bonds is 3. The minimum atomic E-state index is 0.423. The molecule has 0 fully saturated rings. The fourth-order valence-electron chi connectivity index (χ4n) is 3.10. The zero-order valence-electron chi connectivity index (χ0n) is 12.5. The standard InChI is InChI=1S/C17H19N3O/c1-3-20-10-8-15-14(11-20)12(7-9-18)13-5-4-6-16(21-2)17(13)19-15/h4-6H,3,7-8,10-11H2,1-2H3. The first-order valence-corrected chi connectivity index (χ1v) is 7.35. The minimum absolute atomic E-state index is 0.423. The van der Waals surface area contributed by atoms with Crippen molar-refractivity contribution in [3.63, 3.8) is 0 Å². The molecule has 4 nitrogen and oxygen atoms in total. The fourth-order valence-corrected chi connectivity index (χ4v) is 3.10. The fraction of sp³-hybridized carbons (Fsp3) is 0.412. The van der Waals surface area contributed by atoms with Gasteiger partial charge in [0.15, 0.2) is 0 Å². The molecule has 0 saturated heterocycles. The van der Waals surface area contributed by atoms with E-state index in [1.54, 1.807) is 7.11 Å². The van der Waals surface area contributed by atoms with Crippen molar-refractivity contribution in [3.8, 4) is 11.8 Å². The third kappa shape index (κ3) is 2.34. The second-order valence-electron chi connectivity index (χ2n) is 5.33. The van der Waals surface area contributed by atoms with Crippen molar-refractivity contribution >= 4 is 10.9 Å². The number of pyridine rings is 1. The monoisotopic (exact) mass is 281 g/mol. The normalized spacial score (nSPS) is 14.7. The molecular formula is C17H19N3O. The molecule has 2 heterocycles. The number of methoxy groups -OCH3 is 1. The smallest absolute Gasteiger partial charge is 0.145 e.